The minimum Gasteiger partial charge on any atom is -0.350 e. The van der Waals surface area contributed by atoms with Crippen molar-refractivity contribution in [2.24, 2.45) is 0 Å². The molecule has 1 heterocycles. The van der Waals surface area contributed by atoms with Crippen LogP contribution in [0.3, 0.4) is 0 Å². The maximum Gasteiger partial charge on any atom is 0.255 e. The number of aromatic nitrogens is 1. The fourth-order valence-corrected chi connectivity index (χ4v) is 1.89. The van der Waals surface area contributed by atoms with Gasteiger partial charge in [0.15, 0.2) is 17.5 Å². The first kappa shape index (κ1) is 17.5. The van der Waals surface area contributed by atoms with Crippen LogP contribution in [0.15, 0.2) is 36.7 Å². The van der Waals surface area contributed by atoms with Gasteiger partial charge < -0.3 is 10.6 Å². The first-order chi connectivity index (χ1) is 11.4. The summed E-state index contributed by atoms with van der Waals surface area (Å²) < 4.78 is 39.6. The quantitative estimate of drug-likeness (QED) is 0.819. The molecule has 0 saturated heterocycles. The van der Waals surface area contributed by atoms with Crippen molar-refractivity contribution in [1.29, 1.82) is 0 Å². The smallest absolute Gasteiger partial charge is 0.255 e. The van der Waals surface area contributed by atoms with E-state index in [1.807, 2.05) is 0 Å². The van der Waals surface area contributed by atoms with Gasteiger partial charge in [-0.05, 0) is 30.7 Å². The average Bonchev–Trinajstić information content (AvgIpc) is 2.58. The van der Waals surface area contributed by atoms with E-state index < -0.39 is 40.9 Å². The number of carbonyl (C=O) groups is 2. The SMILES string of the molecule is C[C@H](NC(=O)c1ccc(F)c(F)c1F)C(=O)NCc1cccnc1. The molecular formula is C16H14F3N3O2. The summed E-state index contributed by atoms with van der Waals surface area (Å²) in [4.78, 5) is 27.7. The zero-order valence-corrected chi connectivity index (χ0v) is 12.6. The summed E-state index contributed by atoms with van der Waals surface area (Å²) in [5.41, 5.74) is 0.0804. The third-order valence-electron chi connectivity index (χ3n) is 3.21. The van der Waals surface area contributed by atoms with E-state index in [1.165, 1.54) is 6.92 Å². The van der Waals surface area contributed by atoms with Crippen LogP contribution in [0.5, 0.6) is 0 Å². The Morgan fingerprint density at radius 2 is 1.92 bits per heavy atom. The van der Waals surface area contributed by atoms with Gasteiger partial charge in [-0.3, -0.25) is 14.6 Å². The summed E-state index contributed by atoms with van der Waals surface area (Å²) >= 11 is 0. The van der Waals surface area contributed by atoms with Gasteiger partial charge in [-0.2, -0.15) is 0 Å². The molecule has 126 valence electrons. The molecule has 24 heavy (non-hydrogen) atoms. The molecule has 0 aliphatic rings. The highest BCUT2D eigenvalue weighted by atomic mass is 19.2. The van der Waals surface area contributed by atoms with Gasteiger partial charge >= 0.3 is 0 Å². The Morgan fingerprint density at radius 1 is 1.17 bits per heavy atom. The average molecular weight is 337 g/mol. The predicted octanol–water partition coefficient (Wildman–Crippen LogP) is 1.93. The Morgan fingerprint density at radius 3 is 2.58 bits per heavy atom. The molecule has 0 bridgehead atoms. The summed E-state index contributed by atoms with van der Waals surface area (Å²) in [7, 11) is 0. The Bertz CT molecular complexity index is 754. The second-order valence-electron chi connectivity index (χ2n) is 5.00. The van der Waals surface area contributed by atoms with E-state index in [0.29, 0.717) is 6.07 Å². The lowest BCUT2D eigenvalue weighted by molar-refractivity contribution is -0.122. The van der Waals surface area contributed by atoms with Crippen molar-refractivity contribution in [2.75, 3.05) is 0 Å². The van der Waals surface area contributed by atoms with Gasteiger partial charge in [-0.1, -0.05) is 6.07 Å². The van der Waals surface area contributed by atoms with Crippen LogP contribution in [0.2, 0.25) is 0 Å². The highest BCUT2D eigenvalue weighted by Crippen LogP contribution is 2.15. The number of benzene rings is 1. The van der Waals surface area contributed by atoms with E-state index in [1.54, 1.807) is 24.5 Å². The molecule has 2 amide bonds. The minimum absolute atomic E-state index is 0.201. The van der Waals surface area contributed by atoms with Crippen molar-refractivity contribution in [3.8, 4) is 0 Å². The summed E-state index contributed by atoms with van der Waals surface area (Å²) in [5.74, 6) is -6.27. The highest BCUT2D eigenvalue weighted by molar-refractivity contribution is 5.97. The van der Waals surface area contributed by atoms with Crippen LogP contribution in [-0.4, -0.2) is 22.8 Å². The molecule has 0 radical (unpaired) electrons. The molecule has 1 atom stereocenters. The second-order valence-corrected chi connectivity index (χ2v) is 5.00. The molecule has 2 rings (SSSR count). The number of hydrogen-bond acceptors (Lipinski definition) is 3. The maximum atomic E-state index is 13.6. The van der Waals surface area contributed by atoms with E-state index in [0.717, 1.165) is 11.6 Å². The number of pyridine rings is 1. The molecule has 2 N–H and O–H groups in total. The van der Waals surface area contributed by atoms with Crippen LogP contribution < -0.4 is 10.6 Å². The fourth-order valence-electron chi connectivity index (χ4n) is 1.89. The Balaban J connectivity index is 1.96. The van der Waals surface area contributed by atoms with Crippen molar-refractivity contribution in [3.05, 3.63) is 65.2 Å². The molecule has 0 spiro atoms. The lowest BCUT2D eigenvalue weighted by Crippen LogP contribution is -2.44. The highest BCUT2D eigenvalue weighted by Gasteiger charge is 2.22. The van der Waals surface area contributed by atoms with Crippen LogP contribution >= 0.6 is 0 Å². The number of hydrogen-bond donors (Lipinski definition) is 2. The summed E-state index contributed by atoms with van der Waals surface area (Å²) in [6, 6.07) is 3.91. The molecule has 0 aliphatic carbocycles. The van der Waals surface area contributed by atoms with Gasteiger partial charge in [0.2, 0.25) is 5.91 Å². The number of amides is 2. The van der Waals surface area contributed by atoms with Crippen LogP contribution in [-0.2, 0) is 11.3 Å². The molecule has 0 saturated carbocycles. The van der Waals surface area contributed by atoms with Crippen molar-refractivity contribution < 1.29 is 22.8 Å². The standard InChI is InChI=1S/C16H14F3N3O2/c1-9(15(23)21-8-10-3-2-6-20-7-10)22-16(24)11-4-5-12(17)14(19)13(11)18/h2-7,9H,8H2,1H3,(H,21,23)(H,22,24)/t9-/m0/s1. The van der Waals surface area contributed by atoms with Gasteiger partial charge in [-0.25, -0.2) is 13.2 Å². The maximum absolute atomic E-state index is 13.6. The Kier molecular flexibility index (Phi) is 5.51. The van der Waals surface area contributed by atoms with E-state index in [-0.39, 0.29) is 6.54 Å². The van der Waals surface area contributed by atoms with Crippen LogP contribution in [0.25, 0.3) is 0 Å². The van der Waals surface area contributed by atoms with Crippen molar-refractivity contribution in [3.63, 3.8) is 0 Å². The molecule has 0 unspecified atom stereocenters. The molecule has 1 aromatic carbocycles. The molecule has 0 aliphatic heterocycles. The number of nitrogens with zero attached hydrogens (tertiary/aromatic N) is 1. The number of rotatable bonds is 5. The summed E-state index contributed by atoms with van der Waals surface area (Å²) in [6.45, 7) is 1.58. The van der Waals surface area contributed by atoms with E-state index in [2.05, 4.69) is 15.6 Å². The number of halogens is 3. The monoisotopic (exact) mass is 337 g/mol. The lowest BCUT2D eigenvalue weighted by Gasteiger charge is -2.14. The molecule has 2 aromatic rings. The van der Waals surface area contributed by atoms with E-state index in [9.17, 15) is 22.8 Å². The Hall–Kier alpha value is -2.90. The Labute approximate surface area is 135 Å². The van der Waals surface area contributed by atoms with Gasteiger partial charge in [0, 0.05) is 18.9 Å². The number of nitrogens with one attached hydrogen (secondary N) is 2. The van der Waals surface area contributed by atoms with E-state index in [4.69, 9.17) is 0 Å². The zero-order chi connectivity index (χ0) is 17.7. The zero-order valence-electron chi connectivity index (χ0n) is 12.6. The third kappa shape index (κ3) is 4.09. The van der Waals surface area contributed by atoms with Crippen molar-refractivity contribution in [1.82, 2.24) is 15.6 Å². The van der Waals surface area contributed by atoms with Crippen LogP contribution in [0, 0.1) is 17.5 Å². The third-order valence-corrected chi connectivity index (χ3v) is 3.21. The lowest BCUT2D eigenvalue weighted by atomic mass is 10.1. The van der Waals surface area contributed by atoms with E-state index >= 15 is 0 Å². The predicted molar refractivity (Wildman–Crippen MR) is 79.3 cm³/mol. The normalized spacial score (nSPS) is 11.7. The minimum atomic E-state index is -1.74. The van der Waals surface area contributed by atoms with Gasteiger partial charge in [-0.15, -0.1) is 0 Å². The number of carbonyl (C=O) groups excluding carboxylic acids is 2. The van der Waals surface area contributed by atoms with Crippen LogP contribution in [0.4, 0.5) is 13.2 Å². The fraction of sp³-hybridized carbons (Fsp3) is 0.188. The van der Waals surface area contributed by atoms with Gasteiger partial charge in [0.25, 0.3) is 5.91 Å². The molecule has 0 fully saturated rings. The summed E-state index contributed by atoms with van der Waals surface area (Å²) in [6.07, 6.45) is 3.16. The molecular weight excluding hydrogens is 323 g/mol. The largest absolute Gasteiger partial charge is 0.350 e. The molecule has 8 heteroatoms. The van der Waals surface area contributed by atoms with Crippen molar-refractivity contribution in [2.45, 2.75) is 19.5 Å². The first-order valence-electron chi connectivity index (χ1n) is 7.01. The van der Waals surface area contributed by atoms with Gasteiger partial charge in [0.1, 0.15) is 6.04 Å². The first-order valence-corrected chi connectivity index (χ1v) is 7.01. The summed E-state index contributed by atoms with van der Waals surface area (Å²) in [5, 5.41) is 4.79. The van der Waals surface area contributed by atoms with Gasteiger partial charge in [0.05, 0.1) is 5.56 Å². The topological polar surface area (TPSA) is 71.1 Å². The van der Waals surface area contributed by atoms with Crippen LogP contribution in [0.1, 0.15) is 22.8 Å². The molecule has 5 nitrogen and oxygen atoms in total. The van der Waals surface area contributed by atoms with Crippen molar-refractivity contribution >= 4 is 11.8 Å². The second kappa shape index (κ2) is 7.58. The molecule has 1 aromatic heterocycles.